The Labute approximate surface area is 172 Å². The average molecular weight is 411 g/mol. The van der Waals surface area contributed by atoms with Crippen LogP contribution in [-0.4, -0.2) is 50.8 Å². The maximum Gasteiger partial charge on any atom is 0.276 e. The van der Waals surface area contributed by atoms with Gasteiger partial charge in [0.1, 0.15) is 23.1 Å². The van der Waals surface area contributed by atoms with Crippen molar-refractivity contribution in [2.45, 2.75) is 18.8 Å². The molecule has 1 aromatic carbocycles. The highest BCUT2D eigenvalue weighted by Crippen LogP contribution is 2.40. The number of rotatable bonds is 3. The number of nitrogens with zero attached hydrogens (tertiary/aromatic N) is 4. The second kappa shape index (κ2) is 6.77. The number of benzene rings is 1. The fourth-order valence-corrected chi connectivity index (χ4v) is 3.99. The topological polar surface area (TPSA) is 78.2 Å². The van der Waals surface area contributed by atoms with Crippen LogP contribution in [0.25, 0.3) is 5.65 Å². The number of carbonyl (C=O) groups is 2. The lowest BCUT2D eigenvalue weighted by atomic mass is 10.2. The Balaban J connectivity index is 1.36. The number of pyridine rings is 1. The van der Waals surface area contributed by atoms with Crippen molar-refractivity contribution in [2.24, 2.45) is 0 Å². The highest BCUT2D eigenvalue weighted by Gasteiger charge is 2.31. The van der Waals surface area contributed by atoms with Crippen LogP contribution in [0.2, 0.25) is 5.15 Å². The normalized spacial score (nSPS) is 17.2. The number of amides is 2. The zero-order valence-corrected chi connectivity index (χ0v) is 16.3. The molecule has 0 atom stereocenters. The van der Waals surface area contributed by atoms with Gasteiger partial charge in [0.2, 0.25) is 5.91 Å². The first-order valence-corrected chi connectivity index (χ1v) is 9.95. The summed E-state index contributed by atoms with van der Waals surface area (Å²) in [6, 6.07) is 10.3. The molecule has 29 heavy (non-hydrogen) atoms. The van der Waals surface area contributed by atoms with Crippen molar-refractivity contribution in [3.8, 4) is 5.75 Å². The average Bonchev–Trinajstić information content (AvgIpc) is 3.52. The number of fused-ring (bicyclic) bond motifs is 1. The monoisotopic (exact) mass is 410 g/mol. The van der Waals surface area contributed by atoms with E-state index in [1.165, 1.54) is 35.4 Å². The van der Waals surface area contributed by atoms with Gasteiger partial charge in [-0.3, -0.25) is 14.0 Å². The Morgan fingerprint density at radius 1 is 1.10 bits per heavy atom. The lowest BCUT2D eigenvalue weighted by Gasteiger charge is -2.34. The molecule has 5 rings (SSSR count). The molecule has 7 nitrogen and oxygen atoms in total. The number of halogens is 1. The minimum absolute atomic E-state index is 0.0444. The van der Waals surface area contributed by atoms with E-state index in [4.69, 9.17) is 11.6 Å². The number of piperazine rings is 1. The smallest absolute Gasteiger partial charge is 0.276 e. The van der Waals surface area contributed by atoms with Crippen molar-refractivity contribution in [1.29, 1.82) is 0 Å². The molecule has 1 saturated heterocycles. The van der Waals surface area contributed by atoms with Gasteiger partial charge in [0.15, 0.2) is 5.69 Å². The number of aromatic nitrogens is 2. The standard InChI is InChI=1S/C21H19ClN4O3/c22-20-19(23-17-8-3-14(11-26(17)20)13-1-2-13)21(29)24-9-10-25(18(28)12-24)15-4-6-16(27)7-5-15/h3-8,11,13,27H,1-2,9-10,12H2. The predicted molar refractivity (Wildman–Crippen MR) is 109 cm³/mol. The van der Waals surface area contributed by atoms with Crippen LogP contribution in [0, 0.1) is 0 Å². The summed E-state index contributed by atoms with van der Waals surface area (Å²) in [6.45, 7) is 0.701. The molecule has 1 saturated carbocycles. The molecule has 148 valence electrons. The number of imidazole rings is 1. The van der Waals surface area contributed by atoms with E-state index in [1.54, 1.807) is 21.4 Å². The van der Waals surface area contributed by atoms with E-state index in [-0.39, 0.29) is 35.0 Å². The van der Waals surface area contributed by atoms with Gasteiger partial charge in [-0.15, -0.1) is 0 Å². The molecule has 0 unspecified atom stereocenters. The Kier molecular flexibility index (Phi) is 4.20. The molecule has 3 aromatic rings. The van der Waals surface area contributed by atoms with Gasteiger partial charge in [-0.25, -0.2) is 4.98 Å². The number of phenols is 1. The second-order valence-corrected chi connectivity index (χ2v) is 7.86. The lowest BCUT2D eigenvalue weighted by Crippen LogP contribution is -2.52. The summed E-state index contributed by atoms with van der Waals surface area (Å²) in [5.41, 5.74) is 2.69. The van der Waals surface area contributed by atoms with Crippen LogP contribution in [0.4, 0.5) is 5.69 Å². The van der Waals surface area contributed by atoms with Gasteiger partial charge in [0, 0.05) is 25.0 Å². The van der Waals surface area contributed by atoms with Crippen molar-refractivity contribution in [3.63, 3.8) is 0 Å². The Hall–Kier alpha value is -3.06. The van der Waals surface area contributed by atoms with Crippen molar-refractivity contribution < 1.29 is 14.7 Å². The maximum atomic E-state index is 13.0. The molecular weight excluding hydrogens is 392 g/mol. The van der Waals surface area contributed by atoms with Crippen LogP contribution in [0.5, 0.6) is 5.75 Å². The molecule has 0 bridgehead atoms. The zero-order chi connectivity index (χ0) is 20.1. The first-order chi connectivity index (χ1) is 14.0. The van der Waals surface area contributed by atoms with Crippen LogP contribution in [0.15, 0.2) is 42.6 Å². The van der Waals surface area contributed by atoms with E-state index in [2.05, 4.69) is 4.98 Å². The predicted octanol–water partition coefficient (Wildman–Crippen LogP) is 3.06. The van der Waals surface area contributed by atoms with Gasteiger partial charge in [0.05, 0.1) is 0 Å². The van der Waals surface area contributed by atoms with Gasteiger partial charge < -0.3 is 14.9 Å². The maximum absolute atomic E-state index is 13.0. The first-order valence-electron chi connectivity index (χ1n) is 9.57. The number of anilines is 1. The SMILES string of the molecule is O=C(c1nc2ccc(C3CC3)cn2c1Cl)N1CCN(c2ccc(O)cc2)C(=O)C1. The molecule has 1 aliphatic carbocycles. The molecule has 2 amide bonds. The van der Waals surface area contributed by atoms with E-state index in [0.717, 1.165) is 0 Å². The van der Waals surface area contributed by atoms with Crippen LogP contribution >= 0.6 is 11.6 Å². The second-order valence-electron chi connectivity index (χ2n) is 7.50. The molecule has 1 N–H and O–H groups in total. The molecule has 0 spiro atoms. The lowest BCUT2D eigenvalue weighted by molar-refractivity contribution is -0.120. The molecule has 2 aromatic heterocycles. The van der Waals surface area contributed by atoms with E-state index in [1.807, 2.05) is 18.3 Å². The van der Waals surface area contributed by atoms with Crippen LogP contribution in [0.3, 0.4) is 0 Å². The van der Waals surface area contributed by atoms with E-state index >= 15 is 0 Å². The minimum Gasteiger partial charge on any atom is -0.508 e. The molecule has 2 aliphatic rings. The van der Waals surface area contributed by atoms with Gasteiger partial charge >= 0.3 is 0 Å². The molecule has 8 heteroatoms. The largest absolute Gasteiger partial charge is 0.508 e. The van der Waals surface area contributed by atoms with E-state index in [9.17, 15) is 14.7 Å². The summed E-state index contributed by atoms with van der Waals surface area (Å²) >= 11 is 6.48. The van der Waals surface area contributed by atoms with E-state index < -0.39 is 0 Å². The Morgan fingerprint density at radius 2 is 1.86 bits per heavy atom. The minimum atomic E-state index is -0.342. The zero-order valence-electron chi connectivity index (χ0n) is 15.6. The van der Waals surface area contributed by atoms with Crippen LogP contribution in [-0.2, 0) is 4.79 Å². The highest BCUT2D eigenvalue weighted by atomic mass is 35.5. The van der Waals surface area contributed by atoms with Crippen LogP contribution in [0.1, 0.15) is 34.8 Å². The summed E-state index contributed by atoms with van der Waals surface area (Å²) in [7, 11) is 0. The first kappa shape index (κ1) is 18.0. The van der Waals surface area contributed by atoms with Crippen molar-refractivity contribution in [3.05, 3.63) is 59.0 Å². The van der Waals surface area contributed by atoms with E-state index in [0.29, 0.717) is 30.3 Å². The highest BCUT2D eigenvalue weighted by molar-refractivity contribution is 6.33. The van der Waals surface area contributed by atoms with Crippen LogP contribution < -0.4 is 4.90 Å². The summed E-state index contributed by atoms with van der Waals surface area (Å²) in [5, 5.41) is 9.70. The number of hydrogen-bond donors (Lipinski definition) is 1. The fourth-order valence-electron chi connectivity index (χ4n) is 3.73. The number of carbonyl (C=O) groups excluding carboxylic acids is 2. The molecule has 0 radical (unpaired) electrons. The Bertz CT molecular complexity index is 1120. The quantitative estimate of drug-likeness (QED) is 0.719. The number of aromatic hydroxyl groups is 1. The fraction of sp³-hybridized carbons (Fsp3) is 0.286. The van der Waals surface area contributed by atoms with Crippen molar-refractivity contribution in [2.75, 3.05) is 24.5 Å². The molecular formula is C21H19ClN4O3. The molecule has 3 heterocycles. The molecule has 2 fully saturated rings. The van der Waals surface area contributed by atoms with Crippen molar-refractivity contribution in [1.82, 2.24) is 14.3 Å². The van der Waals surface area contributed by atoms with Gasteiger partial charge in [0.25, 0.3) is 5.91 Å². The third-order valence-corrected chi connectivity index (χ3v) is 5.86. The summed E-state index contributed by atoms with van der Waals surface area (Å²) in [6.07, 6.45) is 4.31. The summed E-state index contributed by atoms with van der Waals surface area (Å²) in [4.78, 5) is 33.1. The van der Waals surface area contributed by atoms with Gasteiger partial charge in [-0.1, -0.05) is 17.7 Å². The third kappa shape index (κ3) is 3.21. The Morgan fingerprint density at radius 3 is 2.55 bits per heavy atom. The van der Waals surface area contributed by atoms with Gasteiger partial charge in [-0.2, -0.15) is 0 Å². The van der Waals surface area contributed by atoms with Gasteiger partial charge in [-0.05, 0) is 54.7 Å². The molecule has 1 aliphatic heterocycles. The third-order valence-electron chi connectivity index (χ3n) is 5.50. The number of hydrogen-bond acceptors (Lipinski definition) is 4. The number of phenolic OH excluding ortho intramolecular Hbond substituents is 1. The van der Waals surface area contributed by atoms with Crippen molar-refractivity contribution >= 4 is 34.7 Å². The summed E-state index contributed by atoms with van der Waals surface area (Å²) in [5.74, 6) is 0.181. The summed E-state index contributed by atoms with van der Waals surface area (Å²) < 4.78 is 1.75.